The number of hydrogen-bond donors (Lipinski definition) is 2. The number of halogens is 2. The second-order valence-electron chi connectivity index (χ2n) is 10.5. The van der Waals surface area contributed by atoms with Crippen LogP contribution in [0.1, 0.15) is 44.3 Å². The van der Waals surface area contributed by atoms with E-state index < -0.39 is 17.4 Å². The van der Waals surface area contributed by atoms with E-state index in [0.717, 1.165) is 6.07 Å². The molecule has 0 aliphatic carbocycles. The van der Waals surface area contributed by atoms with Crippen LogP contribution in [-0.2, 0) is 6.54 Å². The number of carbonyl (C=O) groups is 2. The maximum atomic E-state index is 14.8. The number of amides is 1. The lowest BCUT2D eigenvalue weighted by Crippen LogP contribution is -2.32. The van der Waals surface area contributed by atoms with Gasteiger partial charge in [-0.2, -0.15) is 0 Å². The van der Waals surface area contributed by atoms with E-state index in [2.05, 4.69) is 10.6 Å². The van der Waals surface area contributed by atoms with Crippen LogP contribution in [0.25, 0.3) is 11.3 Å². The van der Waals surface area contributed by atoms with Gasteiger partial charge in [-0.3, -0.25) is 14.4 Å². The van der Waals surface area contributed by atoms with Crippen LogP contribution < -0.4 is 16.2 Å². The summed E-state index contributed by atoms with van der Waals surface area (Å²) in [6, 6.07) is 17.9. The molecule has 7 nitrogen and oxygen atoms in total. The van der Waals surface area contributed by atoms with Crippen LogP contribution in [0.4, 0.5) is 14.5 Å². The van der Waals surface area contributed by atoms with Crippen LogP contribution in [0.5, 0.6) is 0 Å². The first-order chi connectivity index (χ1) is 20.0. The molecule has 0 aliphatic rings. The molecule has 0 unspecified atom stereocenters. The number of rotatable bonds is 10. The van der Waals surface area contributed by atoms with E-state index in [4.69, 9.17) is 0 Å². The number of benzene rings is 3. The fourth-order valence-electron chi connectivity index (χ4n) is 4.68. The summed E-state index contributed by atoms with van der Waals surface area (Å²) in [6.45, 7) is 4.25. The van der Waals surface area contributed by atoms with E-state index in [1.54, 1.807) is 38.4 Å². The van der Waals surface area contributed by atoms with Gasteiger partial charge in [0, 0.05) is 48.9 Å². The van der Waals surface area contributed by atoms with Crippen LogP contribution >= 0.6 is 0 Å². The Morgan fingerprint density at radius 1 is 0.929 bits per heavy atom. The molecule has 2 N–H and O–H groups in total. The summed E-state index contributed by atoms with van der Waals surface area (Å²) in [7, 11) is 5.17. The van der Waals surface area contributed by atoms with Crippen LogP contribution in [-0.4, -0.2) is 54.9 Å². The minimum absolute atomic E-state index is 0.0436. The molecule has 9 heteroatoms. The summed E-state index contributed by atoms with van der Waals surface area (Å²) in [6.07, 6.45) is 0. The zero-order valence-corrected chi connectivity index (χ0v) is 24.3. The minimum atomic E-state index is -0.639. The van der Waals surface area contributed by atoms with Gasteiger partial charge in [0.05, 0.1) is 12.2 Å². The number of pyridine rings is 1. The van der Waals surface area contributed by atoms with Gasteiger partial charge in [-0.15, -0.1) is 0 Å². The van der Waals surface area contributed by atoms with E-state index in [0.29, 0.717) is 40.2 Å². The van der Waals surface area contributed by atoms with Crippen molar-refractivity contribution >= 4 is 17.4 Å². The van der Waals surface area contributed by atoms with Crippen molar-refractivity contribution in [1.29, 1.82) is 0 Å². The Morgan fingerprint density at radius 2 is 1.64 bits per heavy atom. The average molecular weight is 573 g/mol. The average Bonchev–Trinajstić information content (AvgIpc) is 2.97. The van der Waals surface area contributed by atoms with Crippen LogP contribution in [0.2, 0.25) is 0 Å². The Hall–Kier alpha value is -4.63. The Kier molecular flexibility index (Phi) is 9.32. The molecule has 0 fully saturated rings. The third-order valence-corrected chi connectivity index (χ3v) is 7.18. The zero-order chi connectivity index (χ0) is 30.6. The molecular formula is C33H34F2N4O3. The third kappa shape index (κ3) is 6.63. The lowest BCUT2D eigenvalue weighted by atomic mass is 9.97. The molecule has 218 valence electrons. The van der Waals surface area contributed by atoms with Gasteiger partial charge >= 0.3 is 0 Å². The Labute approximate surface area is 243 Å². The van der Waals surface area contributed by atoms with E-state index in [9.17, 15) is 23.2 Å². The van der Waals surface area contributed by atoms with Crippen molar-refractivity contribution < 1.29 is 18.4 Å². The standard InChI is InChI=1S/C33H34F2N4O3/c1-20(36-3)18-37-29-13-14-30(27-7-6-8-28(21(27)2)32(41)38(4)5)39(33(29)42)19-22-15-24(17-26(35)16-22)31(40)23-9-11-25(34)12-10-23/h6-17,20,36-37H,18-19H2,1-5H3/t20-/m0/s1. The first-order valence-corrected chi connectivity index (χ1v) is 13.6. The molecule has 0 saturated heterocycles. The van der Waals surface area contributed by atoms with Crippen molar-refractivity contribution in [2.45, 2.75) is 26.4 Å². The molecule has 0 aliphatic heterocycles. The number of hydrogen-bond acceptors (Lipinski definition) is 5. The summed E-state index contributed by atoms with van der Waals surface area (Å²) in [4.78, 5) is 41.3. The van der Waals surface area contributed by atoms with Crippen LogP contribution in [0.3, 0.4) is 0 Å². The van der Waals surface area contributed by atoms with E-state index >= 15 is 0 Å². The fourth-order valence-corrected chi connectivity index (χ4v) is 4.68. The summed E-state index contributed by atoms with van der Waals surface area (Å²) in [5, 5.41) is 6.30. The number of carbonyl (C=O) groups excluding carboxylic acids is 2. The highest BCUT2D eigenvalue weighted by Gasteiger charge is 2.19. The Bertz CT molecular complexity index is 1680. The maximum absolute atomic E-state index is 14.8. The van der Waals surface area contributed by atoms with Gasteiger partial charge in [-0.1, -0.05) is 12.1 Å². The summed E-state index contributed by atoms with van der Waals surface area (Å²) in [5.41, 5.74) is 3.12. The Morgan fingerprint density at radius 3 is 2.31 bits per heavy atom. The second-order valence-corrected chi connectivity index (χ2v) is 10.5. The van der Waals surface area contributed by atoms with Crippen molar-refractivity contribution in [2.75, 3.05) is 33.0 Å². The monoisotopic (exact) mass is 572 g/mol. The van der Waals surface area contributed by atoms with Crippen molar-refractivity contribution in [1.82, 2.24) is 14.8 Å². The first kappa shape index (κ1) is 30.3. The summed E-state index contributed by atoms with van der Waals surface area (Å²) >= 11 is 0. The lowest BCUT2D eigenvalue weighted by Gasteiger charge is -2.20. The van der Waals surface area contributed by atoms with E-state index in [1.165, 1.54) is 45.9 Å². The highest BCUT2D eigenvalue weighted by molar-refractivity contribution is 6.09. The number of anilines is 1. The molecule has 0 radical (unpaired) electrons. The van der Waals surface area contributed by atoms with Gasteiger partial charge < -0.3 is 20.1 Å². The zero-order valence-electron chi connectivity index (χ0n) is 24.3. The van der Waals surface area contributed by atoms with Crippen molar-refractivity contribution in [3.8, 4) is 11.3 Å². The predicted molar refractivity (Wildman–Crippen MR) is 161 cm³/mol. The molecule has 3 aromatic carbocycles. The van der Waals surface area contributed by atoms with Gasteiger partial charge in [-0.25, -0.2) is 8.78 Å². The van der Waals surface area contributed by atoms with Gasteiger partial charge in [0.1, 0.15) is 17.3 Å². The largest absolute Gasteiger partial charge is 0.379 e. The molecule has 0 saturated carbocycles. The SMILES string of the molecule is CN[C@@H](C)CNc1ccc(-c2cccc(C(=O)N(C)C)c2C)n(Cc2cc(F)cc(C(=O)c3ccc(F)cc3)c2)c1=O. The topological polar surface area (TPSA) is 83.4 Å². The molecule has 42 heavy (non-hydrogen) atoms. The van der Waals surface area contributed by atoms with E-state index in [-0.39, 0.29) is 35.2 Å². The number of aromatic nitrogens is 1. The van der Waals surface area contributed by atoms with Crippen molar-refractivity contribution in [2.24, 2.45) is 0 Å². The van der Waals surface area contributed by atoms with Gasteiger partial charge in [0.25, 0.3) is 11.5 Å². The molecule has 4 aromatic rings. The summed E-state index contributed by atoms with van der Waals surface area (Å²) < 4.78 is 29.8. The number of ketones is 1. The highest BCUT2D eigenvalue weighted by atomic mass is 19.1. The molecule has 0 spiro atoms. The van der Waals surface area contributed by atoms with Gasteiger partial charge in [-0.05, 0) is 92.7 Å². The molecule has 1 atom stereocenters. The van der Waals surface area contributed by atoms with Crippen LogP contribution in [0, 0.1) is 18.6 Å². The fraction of sp³-hybridized carbons (Fsp3) is 0.242. The third-order valence-electron chi connectivity index (χ3n) is 7.18. The normalized spacial score (nSPS) is 11.7. The molecule has 4 rings (SSSR count). The first-order valence-electron chi connectivity index (χ1n) is 13.6. The maximum Gasteiger partial charge on any atom is 0.274 e. The molecule has 1 aromatic heterocycles. The highest BCUT2D eigenvalue weighted by Crippen LogP contribution is 2.27. The van der Waals surface area contributed by atoms with Crippen molar-refractivity contribution in [3.63, 3.8) is 0 Å². The lowest BCUT2D eigenvalue weighted by molar-refractivity contribution is 0.0826. The smallest absolute Gasteiger partial charge is 0.274 e. The molecule has 0 bridgehead atoms. The Balaban J connectivity index is 1.83. The molecule has 1 heterocycles. The number of likely N-dealkylation sites (N-methyl/N-ethyl adjacent to an activating group) is 1. The molecule has 1 amide bonds. The second kappa shape index (κ2) is 12.9. The van der Waals surface area contributed by atoms with Gasteiger partial charge in [0.2, 0.25) is 0 Å². The number of nitrogens with zero attached hydrogens (tertiary/aromatic N) is 2. The summed E-state index contributed by atoms with van der Waals surface area (Å²) in [5.74, 6) is -1.76. The van der Waals surface area contributed by atoms with E-state index in [1.807, 2.05) is 27.0 Å². The molecular weight excluding hydrogens is 538 g/mol. The quantitative estimate of drug-likeness (QED) is 0.258. The number of nitrogens with one attached hydrogen (secondary N) is 2. The van der Waals surface area contributed by atoms with Crippen LogP contribution in [0.15, 0.2) is 77.6 Å². The van der Waals surface area contributed by atoms with Crippen molar-refractivity contribution in [3.05, 3.63) is 123 Å². The predicted octanol–water partition coefficient (Wildman–Crippen LogP) is 5.10. The minimum Gasteiger partial charge on any atom is -0.379 e. The van der Waals surface area contributed by atoms with Gasteiger partial charge in [0.15, 0.2) is 5.78 Å².